The predicted molar refractivity (Wildman–Crippen MR) is 90.2 cm³/mol. The number of carbonyl (C=O) groups is 1. The summed E-state index contributed by atoms with van der Waals surface area (Å²) >= 11 is 0. The average Bonchev–Trinajstić information content (AvgIpc) is 3.19. The molecule has 1 atom stereocenters. The van der Waals surface area contributed by atoms with Gasteiger partial charge in [0.1, 0.15) is 0 Å². The van der Waals surface area contributed by atoms with Gasteiger partial charge in [-0.05, 0) is 49.6 Å². The molecule has 22 heavy (non-hydrogen) atoms. The van der Waals surface area contributed by atoms with Crippen molar-refractivity contribution in [3.05, 3.63) is 36.5 Å². The Bertz CT molecular complexity index is 577. The Morgan fingerprint density at radius 2 is 2.09 bits per heavy atom. The number of rotatable bonds is 5. The fourth-order valence-electron chi connectivity index (χ4n) is 2.68. The lowest BCUT2D eigenvalue weighted by Crippen LogP contribution is -2.23. The third-order valence-electron chi connectivity index (χ3n) is 3.86. The maximum absolute atomic E-state index is 11.9. The van der Waals surface area contributed by atoms with Crippen LogP contribution in [0.5, 0.6) is 0 Å². The van der Waals surface area contributed by atoms with Gasteiger partial charge in [-0.2, -0.15) is 5.10 Å². The first-order valence-electron chi connectivity index (χ1n) is 7.44. The highest BCUT2D eigenvalue weighted by molar-refractivity contribution is 5.90. The van der Waals surface area contributed by atoms with E-state index < -0.39 is 0 Å². The van der Waals surface area contributed by atoms with Crippen LogP contribution in [0.2, 0.25) is 0 Å². The molecule has 1 aromatic carbocycles. The Balaban J connectivity index is 0.00000176. The monoisotopic (exact) mass is 320 g/mol. The van der Waals surface area contributed by atoms with Crippen LogP contribution in [0.4, 0.5) is 5.69 Å². The normalized spacial score (nSPS) is 17.0. The summed E-state index contributed by atoms with van der Waals surface area (Å²) in [4.78, 5) is 11.9. The number of aromatic nitrogens is 2. The highest BCUT2D eigenvalue weighted by Crippen LogP contribution is 2.19. The van der Waals surface area contributed by atoms with Gasteiger partial charge in [-0.3, -0.25) is 9.89 Å². The van der Waals surface area contributed by atoms with Gasteiger partial charge in [-0.15, -0.1) is 12.4 Å². The first-order chi connectivity index (χ1) is 10.3. The van der Waals surface area contributed by atoms with Crippen molar-refractivity contribution in [3.8, 4) is 11.3 Å². The number of aromatic amines is 1. The Kier molecular flexibility index (Phi) is 5.98. The molecule has 0 radical (unpaired) electrons. The molecule has 1 aromatic heterocycles. The van der Waals surface area contributed by atoms with Crippen molar-refractivity contribution in [3.63, 3.8) is 0 Å². The predicted octanol–water partition coefficient (Wildman–Crippen LogP) is 2.97. The Hall–Kier alpha value is -1.85. The lowest BCUT2D eigenvalue weighted by atomic mass is 10.1. The molecule has 1 aliphatic heterocycles. The zero-order chi connectivity index (χ0) is 14.5. The van der Waals surface area contributed by atoms with E-state index in [0.29, 0.717) is 12.5 Å². The van der Waals surface area contributed by atoms with E-state index >= 15 is 0 Å². The maximum atomic E-state index is 11.9. The van der Waals surface area contributed by atoms with Crippen molar-refractivity contribution in [1.82, 2.24) is 15.5 Å². The first kappa shape index (κ1) is 16.5. The molecule has 6 heteroatoms. The van der Waals surface area contributed by atoms with Gasteiger partial charge >= 0.3 is 0 Å². The van der Waals surface area contributed by atoms with Gasteiger partial charge in [-0.25, -0.2) is 0 Å². The molecular weight excluding hydrogens is 300 g/mol. The van der Waals surface area contributed by atoms with Gasteiger partial charge < -0.3 is 10.6 Å². The van der Waals surface area contributed by atoms with Crippen LogP contribution in [0.15, 0.2) is 36.5 Å². The molecule has 2 heterocycles. The standard InChI is InChI=1S/C16H20N4O.ClH/c21-16(8-7-13-2-1-10-17-13)19-14-5-3-12(4-6-14)15-9-11-18-20-15;/h3-6,9,11,13,17H,1-2,7-8,10H2,(H,18,20)(H,19,21);1H. The summed E-state index contributed by atoms with van der Waals surface area (Å²) in [5, 5.41) is 13.2. The summed E-state index contributed by atoms with van der Waals surface area (Å²) < 4.78 is 0. The number of anilines is 1. The van der Waals surface area contributed by atoms with Crippen molar-refractivity contribution < 1.29 is 4.79 Å². The molecular formula is C16H21ClN4O. The van der Waals surface area contributed by atoms with Crippen molar-refractivity contribution in [2.24, 2.45) is 0 Å². The number of nitrogens with zero attached hydrogens (tertiary/aromatic N) is 1. The van der Waals surface area contributed by atoms with Gasteiger partial charge in [0.05, 0.1) is 5.69 Å². The number of H-pyrrole nitrogens is 1. The summed E-state index contributed by atoms with van der Waals surface area (Å²) in [5.41, 5.74) is 2.86. The second kappa shape index (κ2) is 7.96. The smallest absolute Gasteiger partial charge is 0.224 e. The van der Waals surface area contributed by atoms with Gasteiger partial charge in [-0.1, -0.05) is 12.1 Å². The number of halogens is 1. The highest BCUT2D eigenvalue weighted by atomic mass is 35.5. The van der Waals surface area contributed by atoms with Crippen LogP contribution in [-0.4, -0.2) is 28.7 Å². The molecule has 5 nitrogen and oxygen atoms in total. The van der Waals surface area contributed by atoms with Gasteiger partial charge in [0.25, 0.3) is 0 Å². The largest absolute Gasteiger partial charge is 0.326 e. The Morgan fingerprint density at radius 1 is 1.27 bits per heavy atom. The van der Waals surface area contributed by atoms with Crippen LogP contribution >= 0.6 is 12.4 Å². The minimum atomic E-state index is 0. The van der Waals surface area contributed by atoms with Crippen LogP contribution < -0.4 is 10.6 Å². The molecule has 0 saturated carbocycles. The molecule has 1 fully saturated rings. The molecule has 2 aromatic rings. The maximum Gasteiger partial charge on any atom is 0.224 e. The van der Waals surface area contributed by atoms with E-state index in [4.69, 9.17) is 0 Å². The van der Waals surface area contributed by atoms with Crippen molar-refractivity contribution in [1.29, 1.82) is 0 Å². The summed E-state index contributed by atoms with van der Waals surface area (Å²) in [6, 6.07) is 10.2. The van der Waals surface area contributed by atoms with E-state index in [1.807, 2.05) is 30.3 Å². The van der Waals surface area contributed by atoms with E-state index in [0.717, 1.165) is 29.9 Å². The molecule has 1 unspecified atom stereocenters. The summed E-state index contributed by atoms with van der Waals surface area (Å²) in [6.45, 7) is 1.08. The van der Waals surface area contributed by atoms with Crippen molar-refractivity contribution >= 4 is 24.0 Å². The number of amides is 1. The molecule has 1 aliphatic rings. The third kappa shape index (κ3) is 4.32. The topological polar surface area (TPSA) is 69.8 Å². The fraction of sp³-hybridized carbons (Fsp3) is 0.375. The van der Waals surface area contributed by atoms with Crippen LogP contribution in [0, 0.1) is 0 Å². The van der Waals surface area contributed by atoms with E-state index in [2.05, 4.69) is 20.8 Å². The molecule has 0 bridgehead atoms. The number of nitrogens with one attached hydrogen (secondary N) is 3. The lowest BCUT2D eigenvalue weighted by molar-refractivity contribution is -0.116. The first-order valence-corrected chi connectivity index (χ1v) is 7.44. The highest BCUT2D eigenvalue weighted by Gasteiger charge is 2.15. The number of hydrogen-bond acceptors (Lipinski definition) is 3. The van der Waals surface area contributed by atoms with Gasteiger partial charge in [0.2, 0.25) is 5.91 Å². The zero-order valence-electron chi connectivity index (χ0n) is 12.3. The summed E-state index contributed by atoms with van der Waals surface area (Å²) in [5.74, 6) is 0.0815. The van der Waals surface area contributed by atoms with E-state index in [1.54, 1.807) is 6.20 Å². The summed E-state index contributed by atoms with van der Waals surface area (Å²) in [6.07, 6.45) is 5.62. The second-order valence-corrected chi connectivity index (χ2v) is 5.43. The fourth-order valence-corrected chi connectivity index (χ4v) is 2.68. The summed E-state index contributed by atoms with van der Waals surface area (Å²) in [7, 11) is 0. The van der Waals surface area contributed by atoms with E-state index in [1.165, 1.54) is 12.8 Å². The Morgan fingerprint density at radius 3 is 2.73 bits per heavy atom. The third-order valence-corrected chi connectivity index (χ3v) is 3.86. The van der Waals surface area contributed by atoms with E-state index in [-0.39, 0.29) is 18.3 Å². The number of benzene rings is 1. The van der Waals surface area contributed by atoms with Gasteiger partial charge in [0.15, 0.2) is 0 Å². The van der Waals surface area contributed by atoms with E-state index in [9.17, 15) is 4.79 Å². The van der Waals surface area contributed by atoms with Crippen LogP contribution in [0.3, 0.4) is 0 Å². The van der Waals surface area contributed by atoms with Crippen LogP contribution in [-0.2, 0) is 4.79 Å². The number of carbonyl (C=O) groups excluding carboxylic acids is 1. The zero-order valence-corrected chi connectivity index (χ0v) is 13.2. The molecule has 3 rings (SSSR count). The molecule has 1 amide bonds. The molecule has 118 valence electrons. The second-order valence-electron chi connectivity index (χ2n) is 5.43. The minimum absolute atomic E-state index is 0. The molecule has 0 spiro atoms. The molecule has 1 saturated heterocycles. The van der Waals surface area contributed by atoms with Crippen molar-refractivity contribution in [2.45, 2.75) is 31.7 Å². The Labute approximate surface area is 136 Å². The van der Waals surface area contributed by atoms with Crippen LogP contribution in [0.1, 0.15) is 25.7 Å². The average molecular weight is 321 g/mol. The SMILES string of the molecule is Cl.O=C(CCC1CCCN1)Nc1ccc(-c2ccn[nH]2)cc1. The van der Waals surface area contributed by atoms with Crippen LogP contribution in [0.25, 0.3) is 11.3 Å². The quantitative estimate of drug-likeness (QED) is 0.793. The molecule has 0 aliphatic carbocycles. The van der Waals surface area contributed by atoms with Gasteiger partial charge in [0, 0.05) is 24.3 Å². The number of hydrogen-bond donors (Lipinski definition) is 3. The molecule has 3 N–H and O–H groups in total. The minimum Gasteiger partial charge on any atom is -0.326 e. The lowest BCUT2D eigenvalue weighted by Gasteiger charge is -2.10. The van der Waals surface area contributed by atoms with Crippen molar-refractivity contribution in [2.75, 3.05) is 11.9 Å².